The summed E-state index contributed by atoms with van der Waals surface area (Å²) in [6, 6.07) is 0.309. The molecule has 1 aliphatic heterocycles. The van der Waals surface area contributed by atoms with Gasteiger partial charge >= 0.3 is 0 Å². The molecule has 3 rings (SSSR count). The van der Waals surface area contributed by atoms with Gasteiger partial charge in [0.2, 0.25) is 5.91 Å². The molecule has 1 aliphatic rings. The number of aromatic nitrogens is 2. The number of thiazole rings is 1. The van der Waals surface area contributed by atoms with E-state index in [0.29, 0.717) is 23.7 Å². The highest BCUT2D eigenvalue weighted by Crippen LogP contribution is 2.22. The van der Waals surface area contributed by atoms with Crippen LogP contribution in [0.5, 0.6) is 0 Å². The van der Waals surface area contributed by atoms with E-state index in [1.165, 1.54) is 17.4 Å². The molecular weight excluding hydrogens is 360 g/mol. The molecule has 1 unspecified atom stereocenters. The summed E-state index contributed by atoms with van der Waals surface area (Å²) in [5.74, 6) is 0.331. The third-order valence-corrected chi connectivity index (χ3v) is 5.45. The zero-order valence-corrected chi connectivity index (χ0v) is 16.0. The van der Waals surface area contributed by atoms with Crippen LogP contribution < -0.4 is 5.32 Å². The molecule has 0 radical (unpaired) electrons. The largest absolute Gasteiger partial charge is 0.379 e. The molecule has 0 saturated carbocycles. The minimum atomic E-state index is -0.125. The van der Waals surface area contributed by atoms with Crippen LogP contribution in [0.25, 0.3) is 11.0 Å². The minimum absolute atomic E-state index is 0.125. The first-order valence-corrected chi connectivity index (χ1v) is 9.71. The predicted molar refractivity (Wildman–Crippen MR) is 101 cm³/mol. The van der Waals surface area contributed by atoms with E-state index in [-0.39, 0.29) is 5.91 Å². The van der Waals surface area contributed by atoms with Crippen molar-refractivity contribution >= 4 is 39.9 Å². The summed E-state index contributed by atoms with van der Waals surface area (Å²) < 4.78 is 7.29. The maximum absolute atomic E-state index is 12.2. The molecule has 2 aromatic heterocycles. The normalized spacial score (nSPS) is 17.6. The lowest BCUT2D eigenvalue weighted by molar-refractivity contribution is -0.116. The first-order valence-electron chi connectivity index (χ1n) is 8.45. The van der Waals surface area contributed by atoms with E-state index in [1.807, 2.05) is 16.0 Å². The van der Waals surface area contributed by atoms with Crippen molar-refractivity contribution in [3.8, 4) is 0 Å². The lowest BCUT2D eigenvalue weighted by atomic mass is 10.0. The summed E-state index contributed by atoms with van der Waals surface area (Å²) in [7, 11) is 0. The highest BCUT2D eigenvalue weighted by Gasteiger charge is 2.23. The Labute approximate surface area is 156 Å². The molecule has 2 aromatic rings. The number of imidazole rings is 1. The maximum Gasteiger partial charge on any atom is 0.244 e. The Kier molecular flexibility index (Phi) is 6.11. The van der Waals surface area contributed by atoms with E-state index in [0.717, 1.165) is 37.0 Å². The fourth-order valence-electron chi connectivity index (χ4n) is 3.04. The Bertz CT molecular complexity index is 749. The molecule has 25 heavy (non-hydrogen) atoms. The number of morpholine rings is 1. The number of carbonyl (C=O) groups excluding carboxylic acids is 1. The van der Waals surface area contributed by atoms with Gasteiger partial charge in [0.15, 0.2) is 10.1 Å². The zero-order chi connectivity index (χ0) is 17.8. The quantitative estimate of drug-likeness (QED) is 0.780. The van der Waals surface area contributed by atoms with Crippen molar-refractivity contribution in [1.29, 1.82) is 0 Å². The number of nitrogens with zero attached hydrogens (tertiary/aromatic N) is 3. The van der Waals surface area contributed by atoms with Crippen LogP contribution in [0, 0.1) is 5.92 Å². The lowest BCUT2D eigenvalue weighted by Gasteiger charge is -2.36. The zero-order valence-electron chi connectivity index (χ0n) is 14.4. The molecule has 1 N–H and O–H groups in total. The van der Waals surface area contributed by atoms with Crippen molar-refractivity contribution in [2.24, 2.45) is 5.92 Å². The number of ether oxygens (including phenoxy) is 1. The van der Waals surface area contributed by atoms with Gasteiger partial charge in [-0.25, -0.2) is 4.98 Å². The van der Waals surface area contributed by atoms with E-state index in [9.17, 15) is 4.79 Å². The van der Waals surface area contributed by atoms with Crippen LogP contribution >= 0.6 is 22.9 Å². The minimum Gasteiger partial charge on any atom is -0.379 e. The topological polar surface area (TPSA) is 58.9 Å². The molecule has 8 heteroatoms. The number of carbonyl (C=O) groups is 1. The molecule has 0 bridgehead atoms. The van der Waals surface area contributed by atoms with Crippen molar-refractivity contribution in [2.45, 2.75) is 19.9 Å². The van der Waals surface area contributed by atoms with Gasteiger partial charge in [-0.05, 0) is 12.0 Å². The van der Waals surface area contributed by atoms with Gasteiger partial charge in [0.1, 0.15) is 0 Å². The summed E-state index contributed by atoms with van der Waals surface area (Å²) in [6.45, 7) is 8.32. The number of nitrogens with one attached hydrogen (secondary N) is 1. The van der Waals surface area contributed by atoms with Gasteiger partial charge < -0.3 is 10.1 Å². The smallest absolute Gasteiger partial charge is 0.244 e. The molecule has 136 valence electrons. The number of fused-ring (bicyclic) bond motifs is 1. The number of hydrogen-bond acceptors (Lipinski definition) is 5. The fraction of sp³-hybridized carbons (Fsp3) is 0.529. The number of rotatable bonds is 6. The van der Waals surface area contributed by atoms with E-state index in [2.05, 4.69) is 29.0 Å². The third kappa shape index (κ3) is 4.41. The van der Waals surface area contributed by atoms with Crippen molar-refractivity contribution in [2.75, 3.05) is 32.8 Å². The van der Waals surface area contributed by atoms with E-state index >= 15 is 0 Å². The molecule has 1 saturated heterocycles. The average molecular weight is 383 g/mol. The van der Waals surface area contributed by atoms with Gasteiger partial charge in [0.05, 0.1) is 18.9 Å². The van der Waals surface area contributed by atoms with E-state index in [4.69, 9.17) is 16.3 Å². The van der Waals surface area contributed by atoms with Crippen LogP contribution in [0.1, 0.15) is 19.5 Å². The average Bonchev–Trinajstić information content (AvgIpc) is 3.14. The molecule has 3 heterocycles. The summed E-state index contributed by atoms with van der Waals surface area (Å²) in [6.07, 6.45) is 5.12. The third-order valence-electron chi connectivity index (χ3n) is 4.42. The van der Waals surface area contributed by atoms with Crippen LogP contribution in [0.15, 0.2) is 17.7 Å². The van der Waals surface area contributed by atoms with E-state index < -0.39 is 0 Å². The molecule has 6 nitrogen and oxygen atoms in total. The molecule has 0 aromatic carbocycles. The van der Waals surface area contributed by atoms with Gasteiger partial charge in [0.25, 0.3) is 0 Å². The lowest BCUT2D eigenvalue weighted by Crippen LogP contribution is -2.51. The van der Waals surface area contributed by atoms with Crippen LogP contribution in [-0.4, -0.2) is 59.1 Å². The van der Waals surface area contributed by atoms with Crippen LogP contribution in [0.3, 0.4) is 0 Å². The Balaban J connectivity index is 1.59. The maximum atomic E-state index is 12.2. The molecule has 1 atom stereocenters. The van der Waals surface area contributed by atoms with Gasteiger partial charge in [-0.3, -0.25) is 14.1 Å². The standard InChI is InChI=1S/C17H23ClN4O2S/c1-12(2)14(21-5-8-24-9-6-21)11-19-15(23)4-3-13-16(18)20-17-22(13)7-10-25-17/h3-4,7,10,12,14H,5-6,8-9,11H2,1-2H3,(H,19,23)/b4-3+. The van der Waals surface area contributed by atoms with Crippen molar-refractivity contribution in [1.82, 2.24) is 19.6 Å². The van der Waals surface area contributed by atoms with Gasteiger partial charge in [-0.2, -0.15) is 0 Å². The highest BCUT2D eigenvalue weighted by molar-refractivity contribution is 7.15. The second-order valence-corrected chi connectivity index (χ2v) is 7.61. The summed E-state index contributed by atoms with van der Waals surface area (Å²) in [5, 5.41) is 5.35. The summed E-state index contributed by atoms with van der Waals surface area (Å²) in [5.41, 5.74) is 0.724. The summed E-state index contributed by atoms with van der Waals surface area (Å²) >= 11 is 7.64. The molecule has 1 fully saturated rings. The van der Waals surface area contributed by atoms with Crippen molar-refractivity contribution in [3.05, 3.63) is 28.5 Å². The first kappa shape index (κ1) is 18.4. The van der Waals surface area contributed by atoms with E-state index in [1.54, 1.807) is 6.08 Å². The monoisotopic (exact) mass is 382 g/mol. The van der Waals surface area contributed by atoms with Gasteiger partial charge in [-0.1, -0.05) is 25.4 Å². The van der Waals surface area contributed by atoms with Crippen LogP contribution in [0.4, 0.5) is 0 Å². The number of halogens is 1. The number of amides is 1. The molecular formula is C17H23ClN4O2S. The Hall–Kier alpha value is -1.41. The van der Waals surface area contributed by atoms with Crippen molar-refractivity contribution < 1.29 is 9.53 Å². The molecule has 0 spiro atoms. The molecule has 0 aliphatic carbocycles. The van der Waals surface area contributed by atoms with Crippen LogP contribution in [-0.2, 0) is 9.53 Å². The Morgan fingerprint density at radius 3 is 2.96 bits per heavy atom. The second kappa shape index (κ2) is 8.31. The SMILES string of the molecule is CC(C)C(CNC(=O)/C=C/c1c(Cl)nc2sccn12)N1CCOCC1. The van der Waals surface area contributed by atoms with Crippen LogP contribution in [0.2, 0.25) is 5.15 Å². The highest BCUT2D eigenvalue weighted by atomic mass is 35.5. The van der Waals surface area contributed by atoms with Gasteiger partial charge in [0, 0.05) is 43.3 Å². The number of hydrogen-bond donors (Lipinski definition) is 1. The Morgan fingerprint density at radius 2 is 2.24 bits per heavy atom. The Morgan fingerprint density at radius 1 is 1.48 bits per heavy atom. The predicted octanol–water partition coefficient (Wildman–Crippen LogP) is 2.54. The first-order chi connectivity index (χ1) is 12.1. The molecule has 1 amide bonds. The van der Waals surface area contributed by atoms with Crippen molar-refractivity contribution in [3.63, 3.8) is 0 Å². The van der Waals surface area contributed by atoms with Gasteiger partial charge in [-0.15, -0.1) is 11.3 Å². The summed E-state index contributed by atoms with van der Waals surface area (Å²) in [4.78, 5) is 19.7. The second-order valence-electron chi connectivity index (χ2n) is 6.38. The fourth-order valence-corrected chi connectivity index (χ4v) is 4.05.